The lowest BCUT2D eigenvalue weighted by atomic mass is 10.1. The lowest BCUT2D eigenvalue weighted by Crippen LogP contribution is -2.16. The number of hydrazone groups is 1. The van der Waals surface area contributed by atoms with Crippen molar-refractivity contribution in [1.82, 2.24) is 5.43 Å². The number of ether oxygens (including phenoxy) is 1. The van der Waals surface area contributed by atoms with Gasteiger partial charge in [-0.25, -0.2) is 0 Å². The first-order valence-electron chi connectivity index (χ1n) is 4.64. The Bertz CT molecular complexity index is 385. The van der Waals surface area contributed by atoms with Crippen LogP contribution in [0.2, 0.25) is 0 Å². The predicted octanol–water partition coefficient (Wildman–Crippen LogP) is 1.66. The molecule has 0 atom stereocenters. The van der Waals surface area contributed by atoms with Crippen LogP contribution in [0.25, 0.3) is 0 Å². The molecule has 0 unspecified atom stereocenters. The van der Waals surface area contributed by atoms with Crippen molar-refractivity contribution in [3.8, 4) is 5.75 Å². The van der Waals surface area contributed by atoms with E-state index >= 15 is 0 Å². The zero-order valence-corrected chi connectivity index (χ0v) is 9.16. The highest BCUT2D eigenvalue weighted by Gasteiger charge is 2.11. The van der Waals surface area contributed by atoms with Gasteiger partial charge in [0.1, 0.15) is 11.5 Å². The molecular weight excluding hydrogens is 190 g/mol. The largest absolute Gasteiger partial charge is 0.496 e. The highest BCUT2D eigenvalue weighted by Crippen LogP contribution is 2.18. The molecule has 1 rings (SSSR count). The van der Waals surface area contributed by atoms with Gasteiger partial charge in [-0.15, -0.1) is 0 Å². The molecule has 0 fully saturated rings. The molecule has 0 radical (unpaired) electrons. The lowest BCUT2D eigenvalue weighted by Gasteiger charge is -2.09. The minimum absolute atomic E-state index is 0.397. The molecule has 0 saturated heterocycles. The highest BCUT2D eigenvalue weighted by molar-refractivity contribution is 6.47. The van der Waals surface area contributed by atoms with Gasteiger partial charge in [0.2, 0.25) is 0 Å². The van der Waals surface area contributed by atoms with Crippen molar-refractivity contribution in [2.45, 2.75) is 6.92 Å². The smallest absolute Gasteiger partial charge is 0.128 e. The summed E-state index contributed by atoms with van der Waals surface area (Å²) in [6.07, 6.45) is 0. The van der Waals surface area contributed by atoms with E-state index in [9.17, 15) is 0 Å². The maximum atomic E-state index is 7.64. The average molecular weight is 205 g/mol. The SMILES string of the molecule is CN/N=C(\C(C)=N)c1ccccc1OC. The van der Waals surface area contributed by atoms with Crippen LogP contribution in [-0.4, -0.2) is 25.6 Å². The van der Waals surface area contributed by atoms with Crippen molar-refractivity contribution in [3.05, 3.63) is 29.8 Å². The quantitative estimate of drug-likeness (QED) is 0.580. The summed E-state index contributed by atoms with van der Waals surface area (Å²) in [5, 5.41) is 11.7. The first kappa shape index (κ1) is 11.2. The summed E-state index contributed by atoms with van der Waals surface area (Å²) < 4.78 is 5.22. The van der Waals surface area contributed by atoms with Crippen molar-refractivity contribution in [3.63, 3.8) is 0 Å². The zero-order chi connectivity index (χ0) is 11.3. The van der Waals surface area contributed by atoms with Gasteiger partial charge in [0.05, 0.1) is 12.8 Å². The molecule has 0 aliphatic heterocycles. The van der Waals surface area contributed by atoms with Gasteiger partial charge in [-0.2, -0.15) is 5.10 Å². The molecule has 80 valence electrons. The van der Waals surface area contributed by atoms with E-state index in [0.717, 1.165) is 11.3 Å². The second kappa shape index (κ2) is 5.14. The Kier molecular flexibility index (Phi) is 3.85. The molecule has 0 heterocycles. The van der Waals surface area contributed by atoms with Gasteiger partial charge in [0.15, 0.2) is 0 Å². The van der Waals surface area contributed by atoms with Crippen LogP contribution in [0, 0.1) is 5.41 Å². The fourth-order valence-corrected chi connectivity index (χ4v) is 1.30. The van der Waals surface area contributed by atoms with Crippen molar-refractivity contribution in [2.75, 3.05) is 14.2 Å². The van der Waals surface area contributed by atoms with E-state index < -0.39 is 0 Å². The van der Waals surface area contributed by atoms with Crippen molar-refractivity contribution in [2.24, 2.45) is 5.10 Å². The number of rotatable bonds is 4. The van der Waals surface area contributed by atoms with Gasteiger partial charge in [-0.05, 0) is 19.1 Å². The fraction of sp³-hybridized carbons (Fsp3) is 0.273. The van der Waals surface area contributed by atoms with Gasteiger partial charge in [0, 0.05) is 12.6 Å². The van der Waals surface area contributed by atoms with Crippen LogP contribution in [-0.2, 0) is 0 Å². The summed E-state index contributed by atoms with van der Waals surface area (Å²) in [7, 11) is 3.31. The van der Waals surface area contributed by atoms with Gasteiger partial charge in [-0.1, -0.05) is 12.1 Å². The minimum Gasteiger partial charge on any atom is -0.496 e. The summed E-state index contributed by atoms with van der Waals surface area (Å²) in [6, 6.07) is 7.51. The topological polar surface area (TPSA) is 57.5 Å². The Morgan fingerprint density at radius 3 is 2.60 bits per heavy atom. The molecule has 0 amide bonds. The zero-order valence-electron chi connectivity index (χ0n) is 9.16. The third-order valence-corrected chi connectivity index (χ3v) is 1.94. The number of hydrogen-bond acceptors (Lipinski definition) is 4. The maximum Gasteiger partial charge on any atom is 0.128 e. The number of benzene rings is 1. The van der Waals surface area contributed by atoms with Crippen LogP contribution in [0.15, 0.2) is 29.4 Å². The molecule has 4 nitrogen and oxygen atoms in total. The predicted molar refractivity (Wildman–Crippen MR) is 62.0 cm³/mol. The maximum absolute atomic E-state index is 7.64. The van der Waals surface area contributed by atoms with E-state index in [1.54, 1.807) is 21.1 Å². The first-order valence-corrected chi connectivity index (χ1v) is 4.64. The second-order valence-corrected chi connectivity index (χ2v) is 3.01. The average Bonchev–Trinajstić information content (AvgIpc) is 2.25. The summed E-state index contributed by atoms with van der Waals surface area (Å²) in [5.74, 6) is 0.720. The first-order chi connectivity index (χ1) is 7.20. The van der Waals surface area contributed by atoms with Crippen LogP contribution < -0.4 is 10.2 Å². The van der Waals surface area contributed by atoms with Crippen molar-refractivity contribution >= 4 is 11.4 Å². The molecule has 0 bridgehead atoms. The van der Waals surface area contributed by atoms with Crippen LogP contribution in [0.5, 0.6) is 5.75 Å². The third kappa shape index (κ3) is 2.56. The molecule has 0 aromatic heterocycles. The minimum atomic E-state index is 0.397. The lowest BCUT2D eigenvalue weighted by molar-refractivity contribution is 0.414. The number of methoxy groups -OCH3 is 1. The van der Waals surface area contributed by atoms with Crippen LogP contribution in [0.4, 0.5) is 0 Å². The van der Waals surface area contributed by atoms with Crippen LogP contribution >= 0.6 is 0 Å². The Morgan fingerprint density at radius 2 is 2.07 bits per heavy atom. The molecule has 1 aromatic rings. The molecule has 15 heavy (non-hydrogen) atoms. The second-order valence-electron chi connectivity index (χ2n) is 3.01. The molecule has 4 heteroatoms. The standard InChI is InChI=1S/C11H15N3O/c1-8(12)11(14-13-2)9-6-4-5-7-10(9)15-3/h4-7,12-13H,1-3H3/b12-8?,14-11+. The van der Waals surface area contributed by atoms with E-state index in [4.69, 9.17) is 10.1 Å². The van der Waals surface area contributed by atoms with Gasteiger partial charge in [0.25, 0.3) is 0 Å². The Labute approximate surface area is 89.5 Å². The number of hydrogen-bond donors (Lipinski definition) is 2. The molecule has 0 aliphatic carbocycles. The van der Waals surface area contributed by atoms with E-state index in [1.165, 1.54) is 0 Å². The van der Waals surface area contributed by atoms with Gasteiger partial charge >= 0.3 is 0 Å². The molecule has 0 spiro atoms. The number of nitrogens with one attached hydrogen (secondary N) is 2. The molecule has 0 aliphatic rings. The summed E-state index contributed by atoms with van der Waals surface area (Å²) >= 11 is 0. The molecule has 2 N–H and O–H groups in total. The monoisotopic (exact) mass is 205 g/mol. The Hall–Kier alpha value is -1.84. The molecule has 0 saturated carbocycles. The van der Waals surface area contributed by atoms with Crippen molar-refractivity contribution < 1.29 is 4.74 Å². The van der Waals surface area contributed by atoms with E-state index in [1.807, 2.05) is 24.3 Å². The number of para-hydroxylation sites is 1. The summed E-state index contributed by atoms with van der Waals surface area (Å²) in [6.45, 7) is 1.70. The van der Waals surface area contributed by atoms with Crippen LogP contribution in [0.1, 0.15) is 12.5 Å². The highest BCUT2D eigenvalue weighted by atomic mass is 16.5. The molecular formula is C11H15N3O. The van der Waals surface area contributed by atoms with Gasteiger partial charge < -0.3 is 15.6 Å². The Balaban J connectivity index is 3.22. The Morgan fingerprint density at radius 1 is 1.40 bits per heavy atom. The van der Waals surface area contributed by atoms with E-state index in [-0.39, 0.29) is 0 Å². The van der Waals surface area contributed by atoms with Crippen molar-refractivity contribution in [1.29, 1.82) is 5.41 Å². The summed E-state index contributed by atoms with van der Waals surface area (Å²) in [5.41, 5.74) is 4.50. The van der Waals surface area contributed by atoms with Gasteiger partial charge in [-0.3, -0.25) is 0 Å². The normalized spacial score (nSPS) is 11.0. The van der Waals surface area contributed by atoms with E-state index in [2.05, 4.69) is 10.5 Å². The summed E-state index contributed by atoms with van der Waals surface area (Å²) in [4.78, 5) is 0. The number of nitrogens with zero attached hydrogens (tertiary/aromatic N) is 1. The van der Waals surface area contributed by atoms with Crippen LogP contribution in [0.3, 0.4) is 0 Å². The third-order valence-electron chi connectivity index (χ3n) is 1.94. The fourth-order valence-electron chi connectivity index (χ4n) is 1.30. The molecule has 1 aromatic carbocycles. The van der Waals surface area contributed by atoms with E-state index in [0.29, 0.717) is 11.4 Å².